The summed E-state index contributed by atoms with van der Waals surface area (Å²) in [6.07, 6.45) is 2.43. The van der Waals surface area contributed by atoms with Crippen LogP contribution in [0.4, 0.5) is 0 Å². The van der Waals surface area contributed by atoms with Gasteiger partial charge in [-0.1, -0.05) is 19.1 Å². The van der Waals surface area contributed by atoms with Gasteiger partial charge in [-0.15, -0.1) is 0 Å². The summed E-state index contributed by atoms with van der Waals surface area (Å²) < 4.78 is 11.6. The number of hydrogen-bond donors (Lipinski definition) is 1. The number of nitrogens with one attached hydrogen (secondary N) is 1. The van der Waals surface area contributed by atoms with Gasteiger partial charge >= 0.3 is 5.97 Å². The first kappa shape index (κ1) is 22.2. The van der Waals surface area contributed by atoms with Crippen LogP contribution in [0.2, 0.25) is 0 Å². The second kappa shape index (κ2) is 11.1. The van der Waals surface area contributed by atoms with Crippen molar-refractivity contribution in [1.82, 2.24) is 5.43 Å². The van der Waals surface area contributed by atoms with Crippen LogP contribution in [0.3, 0.4) is 0 Å². The molecule has 0 spiro atoms. The van der Waals surface area contributed by atoms with E-state index >= 15 is 0 Å². The molecular formula is C24H21BrN2O4. The molecule has 0 aromatic heterocycles. The van der Waals surface area contributed by atoms with Gasteiger partial charge in [-0.05, 0) is 88.6 Å². The Labute approximate surface area is 189 Å². The largest absolute Gasteiger partial charge is 0.494 e. The van der Waals surface area contributed by atoms with Crippen LogP contribution in [-0.2, 0) is 0 Å². The first-order chi connectivity index (χ1) is 15.1. The Morgan fingerprint density at radius 1 is 0.968 bits per heavy atom. The first-order valence-corrected chi connectivity index (χ1v) is 10.5. The molecule has 3 aromatic rings. The van der Waals surface area contributed by atoms with Crippen LogP contribution in [0.1, 0.15) is 39.6 Å². The van der Waals surface area contributed by atoms with Gasteiger partial charge in [-0.25, -0.2) is 10.2 Å². The molecule has 0 aliphatic heterocycles. The molecule has 0 saturated carbocycles. The van der Waals surface area contributed by atoms with Gasteiger partial charge in [0.25, 0.3) is 5.91 Å². The highest BCUT2D eigenvalue weighted by atomic mass is 79.9. The lowest BCUT2D eigenvalue weighted by Gasteiger charge is -2.07. The third kappa shape index (κ3) is 6.52. The molecule has 0 atom stereocenters. The zero-order valence-corrected chi connectivity index (χ0v) is 18.5. The highest BCUT2D eigenvalue weighted by molar-refractivity contribution is 9.10. The number of ether oxygens (including phenoxy) is 2. The van der Waals surface area contributed by atoms with Crippen molar-refractivity contribution in [3.05, 3.63) is 94.0 Å². The van der Waals surface area contributed by atoms with Gasteiger partial charge in [-0.3, -0.25) is 4.79 Å². The second-order valence-corrected chi connectivity index (χ2v) is 7.36. The van der Waals surface area contributed by atoms with Gasteiger partial charge in [0, 0.05) is 4.47 Å². The predicted octanol–water partition coefficient (Wildman–Crippen LogP) is 5.22. The molecular weight excluding hydrogens is 460 g/mol. The summed E-state index contributed by atoms with van der Waals surface area (Å²) in [7, 11) is 0. The van der Waals surface area contributed by atoms with Crippen molar-refractivity contribution < 1.29 is 19.1 Å². The number of amides is 1. The summed E-state index contributed by atoms with van der Waals surface area (Å²) in [6.45, 7) is 2.66. The molecule has 0 radical (unpaired) electrons. The van der Waals surface area contributed by atoms with E-state index in [0.29, 0.717) is 33.7 Å². The van der Waals surface area contributed by atoms with Gasteiger partial charge in [0.1, 0.15) is 11.5 Å². The molecule has 7 heteroatoms. The van der Waals surface area contributed by atoms with Gasteiger partial charge < -0.3 is 9.47 Å². The molecule has 6 nitrogen and oxygen atoms in total. The summed E-state index contributed by atoms with van der Waals surface area (Å²) in [4.78, 5) is 24.4. The van der Waals surface area contributed by atoms with Crippen LogP contribution in [0.25, 0.3) is 0 Å². The number of esters is 1. The summed E-state index contributed by atoms with van der Waals surface area (Å²) in [5.74, 6) is 0.351. The van der Waals surface area contributed by atoms with Gasteiger partial charge in [0.05, 0.1) is 23.9 Å². The van der Waals surface area contributed by atoms with Crippen LogP contribution < -0.4 is 14.9 Å². The number of hydrogen-bond acceptors (Lipinski definition) is 5. The molecule has 0 saturated heterocycles. The summed E-state index contributed by atoms with van der Waals surface area (Å²) >= 11 is 3.33. The quantitative estimate of drug-likeness (QED) is 0.207. The molecule has 0 heterocycles. The minimum atomic E-state index is -0.454. The van der Waals surface area contributed by atoms with Crippen molar-refractivity contribution in [2.45, 2.75) is 13.3 Å². The minimum Gasteiger partial charge on any atom is -0.494 e. The van der Waals surface area contributed by atoms with E-state index in [1.54, 1.807) is 66.7 Å². The minimum absolute atomic E-state index is 0.319. The van der Waals surface area contributed by atoms with Gasteiger partial charge in [-0.2, -0.15) is 5.10 Å². The fraction of sp³-hybridized carbons (Fsp3) is 0.125. The van der Waals surface area contributed by atoms with Crippen LogP contribution in [-0.4, -0.2) is 24.7 Å². The third-order valence-electron chi connectivity index (χ3n) is 4.15. The Bertz CT molecular complexity index is 1060. The van der Waals surface area contributed by atoms with Crippen molar-refractivity contribution >= 4 is 34.0 Å². The first-order valence-electron chi connectivity index (χ1n) is 9.70. The van der Waals surface area contributed by atoms with Crippen molar-refractivity contribution in [2.24, 2.45) is 5.10 Å². The molecule has 3 rings (SSSR count). The van der Waals surface area contributed by atoms with Crippen molar-refractivity contribution in [2.75, 3.05) is 6.61 Å². The number of nitrogens with zero attached hydrogens (tertiary/aromatic N) is 1. The maximum absolute atomic E-state index is 12.3. The smallest absolute Gasteiger partial charge is 0.343 e. The topological polar surface area (TPSA) is 77.0 Å². The molecule has 0 bridgehead atoms. The van der Waals surface area contributed by atoms with Crippen LogP contribution in [0.15, 0.2) is 82.4 Å². The Kier molecular flexibility index (Phi) is 7.95. The van der Waals surface area contributed by atoms with E-state index in [-0.39, 0.29) is 5.91 Å². The molecule has 0 fully saturated rings. The van der Waals surface area contributed by atoms with E-state index in [4.69, 9.17) is 9.47 Å². The molecule has 3 aromatic carbocycles. The van der Waals surface area contributed by atoms with E-state index in [9.17, 15) is 9.59 Å². The van der Waals surface area contributed by atoms with Gasteiger partial charge in [0.2, 0.25) is 0 Å². The highest BCUT2D eigenvalue weighted by Gasteiger charge is 2.09. The lowest BCUT2D eigenvalue weighted by molar-refractivity contribution is 0.0734. The maximum Gasteiger partial charge on any atom is 0.343 e. The number of hydrazone groups is 1. The highest BCUT2D eigenvalue weighted by Crippen LogP contribution is 2.17. The summed E-state index contributed by atoms with van der Waals surface area (Å²) in [6, 6.07) is 20.7. The van der Waals surface area contributed by atoms with E-state index in [1.807, 2.05) is 13.0 Å². The Morgan fingerprint density at radius 2 is 1.65 bits per heavy atom. The number of halogens is 1. The molecule has 0 aliphatic rings. The van der Waals surface area contributed by atoms with E-state index < -0.39 is 5.97 Å². The van der Waals surface area contributed by atoms with E-state index in [1.165, 1.54) is 6.21 Å². The zero-order valence-electron chi connectivity index (χ0n) is 16.9. The second-order valence-electron chi connectivity index (χ2n) is 6.51. The third-order valence-corrected chi connectivity index (χ3v) is 4.84. The number of benzene rings is 3. The van der Waals surface area contributed by atoms with Crippen LogP contribution >= 0.6 is 15.9 Å². The number of carbonyl (C=O) groups is 2. The molecule has 1 N–H and O–H groups in total. The van der Waals surface area contributed by atoms with Crippen LogP contribution in [0.5, 0.6) is 11.5 Å². The monoisotopic (exact) mass is 480 g/mol. The standard InChI is InChI=1S/C24H21BrN2O4/c1-2-15-30-19-13-9-18(10-14-19)24(29)31-20-11-7-17(8-12-20)16-26-27-23(28)21-5-3-4-6-22(21)25/h3-14,16H,2,15H2,1H3,(H,27,28). The number of carbonyl (C=O) groups excluding carboxylic acids is 2. The average Bonchev–Trinajstić information content (AvgIpc) is 2.79. The SMILES string of the molecule is CCCOc1ccc(C(=O)Oc2ccc(C=NNC(=O)c3ccccc3Br)cc2)cc1. The molecule has 158 valence electrons. The molecule has 0 aliphatic carbocycles. The van der Waals surface area contributed by atoms with E-state index in [0.717, 1.165) is 12.0 Å². The molecule has 31 heavy (non-hydrogen) atoms. The fourth-order valence-electron chi connectivity index (χ4n) is 2.57. The zero-order chi connectivity index (χ0) is 22.1. The molecule has 0 unspecified atom stereocenters. The maximum atomic E-state index is 12.3. The van der Waals surface area contributed by atoms with Gasteiger partial charge in [0.15, 0.2) is 0 Å². The Hall–Kier alpha value is -3.45. The van der Waals surface area contributed by atoms with Crippen LogP contribution in [0, 0.1) is 0 Å². The molecule has 1 amide bonds. The lowest BCUT2D eigenvalue weighted by Crippen LogP contribution is -2.18. The normalized spacial score (nSPS) is 10.6. The van der Waals surface area contributed by atoms with Crippen molar-refractivity contribution in [3.8, 4) is 11.5 Å². The lowest BCUT2D eigenvalue weighted by atomic mass is 10.2. The van der Waals surface area contributed by atoms with Crippen molar-refractivity contribution in [3.63, 3.8) is 0 Å². The number of rotatable bonds is 8. The predicted molar refractivity (Wildman–Crippen MR) is 123 cm³/mol. The van der Waals surface area contributed by atoms with E-state index in [2.05, 4.69) is 26.5 Å². The fourth-order valence-corrected chi connectivity index (χ4v) is 3.03. The summed E-state index contributed by atoms with van der Waals surface area (Å²) in [5.41, 5.74) is 4.15. The Balaban J connectivity index is 1.53. The van der Waals surface area contributed by atoms with Crippen molar-refractivity contribution in [1.29, 1.82) is 0 Å². The average molecular weight is 481 g/mol. The summed E-state index contributed by atoms with van der Waals surface area (Å²) in [5, 5.41) is 3.96. The Morgan fingerprint density at radius 3 is 2.32 bits per heavy atom.